The van der Waals surface area contributed by atoms with Crippen LogP contribution in [0.4, 0.5) is 0 Å². The third-order valence-corrected chi connectivity index (χ3v) is 6.05. The van der Waals surface area contributed by atoms with Crippen LogP contribution in [0.25, 0.3) is 0 Å². The van der Waals surface area contributed by atoms with E-state index in [-0.39, 0.29) is 0 Å². The molecule has 1 heterocycles. The van der Waals surface area contributed by atoms with E-state index in [9.17, 15) is 0 Å². The first-order valence-corrected chi connectivity index (χ1v) is 9.96. The van der Waals surface area contributed by atoms with Gasteiger partial charge in [-0.25, -0.2) is 0 Å². The quantitative estimate of drug-likeness (QED) is 0.604. The Morgan fingerprint density at radius 3 is 2.52 bits per heavy atom. The second-order valence-corrected chi connectivity index (χ2v) is 8.11. The lowest BCUT2D eigenvalue weighted by Crippen LogP contribution is -2.49. The van der Waals surface area contributed by atoms with Crippen LogP contribution in [0.5, 0.6) is 0 Å². The van der Waals surface area contributed by atoms with Crippen LogP contribution >= 0.6 is 0 Å². The molecule has 0 bridgehead atoms. The minimum absolute atomic E-state index is 0.603. The fraction of sp³-hybridized carbons (Fsp3) is 0.947. The molecule has 2 unspecified atom stereocenters. The van der Waals surface area contributed by atoms with Crippen LogP contribution in [0.3, 0.4) is 0 Å². The minimum Gasteiger partial charge on any atom is -0.356 e. The summed E-state index contributed by atoms with van der Waals surface area (Å²) in [6.45, 7) is 6.00. The fourth-order valence-electron chi connectivity index (χ4n) is 4.45. The predicted molar refractivity (Wildman–Crippen MR) is 97.9 cm³/mol. The van der Waals surface area contributed by atoms with Gasteiger partial charge in [0.05, 0.1) is 0 Å². The number of hydrogen-bond acceptors (Lipinski definition) is 2. The Balaban J connectivity index is 1.32. The molecule has 4 heteroatoms. The normalized spacial score (nSPS) is 31.1. The molecule has 2 aliphatic carbocycles. The largest absolute Gasteiger partial charge is 0.356 e. The number of likely N-dealkylation sites (tertiary alicyclic amines) is 1. The lowest BCUT2D eigenvalue weighted by Gasteiger charge is -2.33. The van der Waals surface area contributed by atoms with Crippen molar-refractivity contribution in [1.29, 1.82) is 0 Å². The van der Waals surface area contributed by atoms with Crippen molar-refractivity contribution in [2.75, 3.05) is 26.7 Å². The molecule has 2 N–H and O–H groups in total. The minimum atomic E-state index is 0.603. The van der Waals surface area contributed by atoms with E-state index in [4.69, 9.17) is 0 Å². The highest BCUT2D eigenvalue weighted by molar-refractivity contribution is 5.79. The first kappa shape index (κ1) is 17.1. The molecule has 0 aromatic rings. The van der Waals surface area contributed by atoms with E-state index in [0.717, 1.165) is 30.4 Å². The summed E-state index contributed by atoms with van der Waals surface area (Å²) in [7, 11) is 1.90. The smallest absolute Gasteiger partial charge is 0.191 e. The van der Waals surface area contributed by atoms with Gasteiger partial charge in [0.1, 0.15) is 0 Å². The van der Waals surface area contributed by atoms with Crippen molar-refractivity contribution >= 4 is 5.96 Å². The average molecular weight is 321 g/mol. The van der Waals surface area contributed by atoms with Gasteiger partial charge in [0, 0.05) is 38.8 Å². The van der Waals surface area contributed by atoms with Crippen molar-refractivity contribution in [2.24, 2.45) is 16.8 Å². The summed E-state index contributed by atoms with van der Waals surface area (Å²) in [4.78, 5) is 7.11. The number of nitrogens with zero attached hydrogens (tertiary/aromatic N) is 2. The van der Waals surface area contributed by atoms with E-state index in [1.807, 2.05) is 7.05 Å². The number of hydrogen-bond donors (Lipinski definition) is 2. The number of rotatable bonds is 5. The molecule has 23 heavy (non-hydrogen) atoms. The lowest BCUT2D eigenvalue weighted by molar-refractivity contribution is 0.197. The van der Waals surface area contributed by atoms with E-state index in [1.54, 1.807) is 0 Å². The number of nitrogens with one attached hydrogen (secondary N) is 2. The highest BCUT2D eigenvalue weighted by atomic mass is 15.2. The highest BCUT2D eigenvalue weighted by Gasteiger charge is 2.31. The van der Waals surface area contributed by atoms with Gasteiger partial charge < -0.3 is 15.5 Å². The molecule has 1 saturated heterocycles. The summed E-state index contributed by atoms with van der Waals surface area (Å²) in [6.07, 6.45) is 12.4. The second kappa shape index (κ2) is 8.36. The predicted octanol–water partition coefficient (Wildman–Crippen LogP) is 2.99. The van der Waals surface area contributed by atoms with Crippen molar-refractivity contribution < 1.29 is 0 Å². The van der Waals surface area contributed by atoms with E-state index < -0.39 is 0 Å². The molecule has 3 aliphatic rings. The van der Waals surface area contributed by atoms with E-state index in [2.05, 4.69) is 27.4 Å². The SMILES string of the molecule is CN=C(NCCC1CCCC(C)C1)NC1CCN(C2CC2)CC1. The molecular weight excluding hydrogens is 284 g/mol. The summed E-state index contributed by atoms with van der Waals surface area (Å²) in [5, 5.41) is 7.19. The van der Waals surface area contributed by atoms with Crippen LogP contribution < -0.4 is 10.6 Å². The zero-order valence-corrected chi connectivity index (χ0v) is 15.2. The van der Waals surface area contributed by atoms with Gasteiger partial charge in [-0.15, -0.1) is 0 Å². The molecule has 0 radical (unpaired) electrons. The fourth-order valence-corrected chi connectivity index (χ4v) is 4.45. The number of piperidine rings is 1. The van der Waals surface area contributed by atoms with Crippen molar-refractivity contribution in [2.45, 2.75) is 76.8 Å². The van der Waals surface area contributed by atoms with Gasteiger partial charge in [-0.1, -0.05) is 26.2 Å². The third kappa shape index (κ3) is 5.37. The maximum atomic E-state index is 4.43. The van der Waals surface area contributed by atoms with Gasteiger partial charge >= 0.3 is 0 Å². The molecule has 3 rings (SSSR count). The van der Waals surface area contributed by atoms with Crippen LogP contribution in [-0.2, 0) is 0 Å². The summed E-state index contributed by atoms with van der Waals surface area (Å²) < 4.78 is 0. The first-order chi connectivity index (χ1) is 11.2. The molecule has 0 spiro atoms. The Morgan fingerprint density at radius 1 is 1.09 bits per heavy atom. The van der Waals surface area contributed by atoms with Crippen molar-refractivity contribution in [3.63, 3.8) is 0 Å². The van der Waals surface area contributed by atoms with E-state index in [0.29, 0.717) is 6.04 Å². The molecule has 1 aliphatic heterocycles. The summed E-state index contributed by atoms with van der Waals surface area (Å²) in [6, 6.07) is 1.53. The Morgan fingerprint density at radius 2 is 1.87 bits per heavy atom. The molecule has 2 atom stereocenters. The highest BCUT2D eigenvalue weighted by Crippen LogP contribution is 2.30. The Kier molecular flexibility index (Phi) is 6.21. The van der Waals surface area contributed by atoms with Gasteiger partial charge in [-0.2, -0.15) is 0 Å². The maximum absolute atomic E-state index is 4.43. The van der Waals surface area contributed by atoms with Crippen LogP contribution in [0.1, 0.15) is 64.7 Å². The molecule has 4 nitrogen and oxygen atoms in total. The van der Waals surface area contributed by atoms with Crippen molar-refractivity contribution in [1.82, 2.24) is 15.5 Å². The summed E-state index contributed by atoms with van der Waals surface area (Å²) in [5.41, 5.74) is 0. The Hall–Kier alpha value is -0.770. The molecule has 0 amide bonds. The van der Waals surface area contributed by atoms with Gasteiger partial charge in [0.15, 0.2) is 5.96 Å². The monoisotopic (exact) mass is 320 g/mol. The summed E-state index contributed by atoms with van der Waals surface area (Å²) in [5.74, 6) is 2.87. The Bertz CT molecular complexity index is 383. The molecule has 3 fully saturated rings. The zero-order valence-electron chi connectivity index (χ0n) is 15.2. The van der Waals surface area contributed by atoms with Gasteiger partial charge in [-0.05, 0) is 50.4 Å². The van der Waals surface area contributed by atoms with Gasteiger partial charge in [-0.3, -0.25) is 4.99 Å². The lowest BCUT2D eigenvalue weighted by atomic mass is 9.81. The van der Waals surface area contributed by atoms with Gasteiger partial charge in [0.25, 0.3) is 0 Å². The van der Waals surface area contributed by atoms with Gasteiger partial charge in [0.2, 0.25) is 0 Å². The molecule has 0 aromatic heterocycles. The first-order valence-electron chi connectivity index (χ1n) is 9.96. The maximum Gasteiger partial charge on any atom is 0.191 e. The van der Waals surface area contributed by atoms with Crippen LogP contribution in [0, 0.1) is 11.8 Å². The van der Waals surface area contributed by atoms with E-state index in [1.165, 1.54) is 70.9 Å². The average Bonchev–Trinajstić information content (AvgIpc) is 3.39. The topological polar surface area (TPSA) is 39.7 Å². The molecule has 132 valence electrons. The third-order valence-electron chi connectivity index (χ3n) is 6.05. The molecular formula is C19H36N4. The van der Waals surface area contributed by atoms with Crippen LogP contribution in [0.15, 0.2) is 4.99 Å². The standard InChI is InChI=1S/C19H36N4/c1-15-4-3-5-16(14-15)8-11-21-19(20-2)22-17-9-12-23(13-10-17)18-6-7-18/h15-18H,3-14H2,1-2H3,(H2,20,21,22). The second-order valence-electron chi connectivity index (χ2n) is 8.11. The Labute approximate surface area is 142 Å². The molecule has 0 aromatic carbocycles. The number of guanidine groups is 1. The van der Waals surface area contributed by atoms with Crippen molar-refractivity contribution in [3.8, 4) is 0 Å². The number of aliphatic imine (C=N–C) groups is 1. The zero-order chi connectivity index (χ0) is 16.1. The van der Waals surface area contributed by atoms with Crippen LogP contribution in [0.2, 0.25) is 0 Å². The molecule has 2 saturated carbocycles. The van der Waals surface area contributed by atoms with Crippen molar-refractivity contribution in [3.05, 3.63) is 0 Å². The van der Waals surface area contributed by atoms with E-state index >= 15 is 0 Å². The summed E-state index contributed by atoms with van der Waals surface area (Å²) >= 11 is 0. The van der Waals surface area contributed by atoms with Crippen LogP contribution in [-0.4, -0.2) is 49.6 Å².